The SMILES string of the molecule is CCn1cc(-c2cnc3ccc(C(=O)Nc4cnccc4N4CC(C)CC(N)C4)nc3c2)cn1. The molecule has 4 aromatic rings. The number of nitrogens with one attached hydrogen (secondary N) is 1. The molecular weight excluding hydrogens is 428 g/mol. The average Bonchev–Trinajstić information content (AvgIpc) is 3.32. The summed E-state index contributed by atoms with van der Waals surface area (Å²) in [5, 5.41) is 7.32. The number of nitrogens with two attached hydrogens (primary N) is 1. The number of rotatable bonds is 5. The lowest BCUT2D eigenvalue weighted by atomic mass is 9.96. The first-order valence-electron chi connectivity index (χ1n) is 11.6. The van der Waals surface area contributed by atoms with E-state index in [0.717, 1.165) is 48.4 Å². The van der Waals surface area contributed by atoms with Crippen LogP contribution in [0.2, 0.25) is 0 Å². The lowest BCUT2D eigenvalue weighted by molar-refractivity contribution is 0.102. The van der Waals surface area contributed by atoms with E-state index in [-0.39, 0.29) is 11.9 Å². The minimum Gasteiger partial charge on any atom is -0.368 e. The van der Waals surface area contributed by atoms with Crippen molar-refractivity contribution in [2.45, 2.75) is 32.9 Å². The van der Waals surface area contributed by atoms with Crippen LogP contribution in [-0.4, -0.2) is 49.8 Å². The maximum Gasteiger partial charge on any atom is 0.274 e. The highest BCUT2D eigenvalue weighted by atomic mass is 16.1. The number of fused-ring (bicyclic) bond motifs is 1. The summed E-state index contributed by atoms with van der Waals surface area (Å²) in [6.45, 7) is 6.66. The van der Waals surface area contributed by atoms with Crippen LogP contribution < -0.4 is 16.0 Å². The average molecular weight is 457 g/mol. The largest absolute Gasteiger partial charge is 0.368 e. The fourth-order valence-electron chi connectivity index (χ4n) is 4.52. The molecule has 34 heavy (non-hydrogen) atoms. The molecule has 5 rings (SSSR count). The Kier molecular flexibility index (Phi) is 5.93. The maximum absolute atomic E-state index is 13.1. The van der Waals surface area contributed by atoms with Crippen LogP contribution in [0.3, 0.4) is 0 Å². The molecule has 174 valence electrons. The molecule has 3 N–H and O–H groups in total. The van der Waals surface area contributed by atoms with E-state index < -0.39 is 0 Å². The van der Waals surface area contributed by atoms with Gasteiger partial charge in [0.05, 0.1) is 34.8 Å². The lowest BCUT2D eigenvalue weighted by Crippen LogP contribution is -2.46. The topological polar surface area (TPSA) is 115 Å². The van der Waals surface area contributed by atoms with Crippen molar-refractivity contribution in [3.05, 3.63) is 60.9 Å². The first-order chi connectivity index (χ1) is 16.5. The highest BCUT2D eigenvalue weighted by Gasteiger charge is 2.24. The summed E-state index contributed by atoms with van der Waals surface area (Å²) in [6.07, 6.45) is 9.98. The van der Waals surface area contributed by atoms with Crippen LogP contribution in [0.25, 0.3) is 22.2 Å². The molecule has 2 atom stereocenters. The minimum absolute atomic E-state index is 0.105. The number of carbonyl (C=O) groups excluding carboxylic acids is 1. The second kappa shape index (κ2) is 9.18. The van der Waals surface area contributed by atoms with Crippen LogP contribution in [0.5, 0.6) is 0 Å². The lowest BCUT2D eigenvalue weighted by Gasteiger charge is -2.37. The molecule has 1 fully saturated rings. The first-order valence-corrected chi connectivity index (χ1v) is 11.6. The molecule has 1 saturated heterocycles. The van der Waals surface area contributed by atoms with Gasteiger partial charge in [0.2, 0.25) is 0 Å². The molecule has 2 unspecified atom stereocenters. The van der Waals surface area contributed by atoms with Crippen LogP contribution in [0.15, 0.2) is 55.2 Å². The third-order valence-corrected chi connectivity index (χ3v) is 6.14. The van der Waals surface area contributed by atoms with Gasteiger partial charge >= 0.3 is 0 Å². The van der Waals surface area contributed by atoms with E-state index in [0.29, 0.717) is 22.8 Å². The van der Waals surface area contributed by atoms with Crippen molar-refractivity contribution in [3.63, 3.8) is 0 Å². The quantitative estimate of drug-likeness (QED) is 0.473. The summed E-state index contributed by atoms with van der Waals surface area (Å²) in [4.78, 5) is 28.7. The van der Waals surface area contributed by atoms with Gasteiger partial charge in [-0.1, -0.05) is 6.92 Å². The number of hydrogen-bond acceptors (Lipinski definition) is 7. The van der Waals surface area contributed by atoms with Crippen LogP contribution in [-0.2, 0) is 6.54 Å². The van der Waals surface area contributed by atoms with E-state index in [1.807, 2.05) is 36.0 Å². The molecule has 0 aromatic carbocycles. The predicted molar refractivity (Wildman–Crippen MR) is 133 cm³/mol. The fourth-order valence-corrected chi connectivity index (χ4v) is 4.52. The molecule has 0 bridgehead atoms. The van der Waals surface area contributed by atoms with Crippen LogP contribution in [0.4, 0.5) is 11.4 Å². The van der Waals surface area contributed by atoms with Gasteiger partial charge < -0.3 is 16.0 Å². The van der Waals surface area contributed by atoms with Crippen molar-refractivity contribution >= 4 is 28.3 Å². The number of carbonyl (C=O) groups is 1. The summed E-state index contributed by atoms with van der Waals surface area (Å²) in [5.41, 5.74) is 11.4. The molecular formula is C25H28N8O. The second-order valence-electron chi connectivity index (χ2n) is 8.90. The predicted octanol–water partition coefficient (Wildman–Crippen LogP) is 3.33. The van der Waals surface area contributed by atoms with E-state index in [1.54, 1.807) is 30.9 Å². The van der Waals surface area contributed by atoms with Gasteiger partial charge in [0.1, 0.15) is 5.69 Å². The summed E-state index contributed by atoms with van der Waals surface area (Å²) >= 11 is 0. The Balaban J connectivity index is 1.41. The van der Waals surface area contributed by atoms with Gasteiger partial charge in [0.15, 0.2) is 0 Å². The molecule has 0 saturated carbocycles. The zero-order valence-electron chi connectivity index (χ0n) is 19.3. The number of hydrogen-bond donors (Lipinski definition) is 2. The van der Waals surface area contributed by atoms with Crippen molar-refractivity contribution in [2.24, 2.45) is 11.7 Å². The molecule has 0 radical (unpaired) electrons. The number of amides is 1. The van der Waals surface area contributed by atoms with Gasteiger partial charge in [-0.3, -0.25) is 19.4 Å². The monoisotopic (exact) mass is 456 g/mol. The van der Waals surface area contributed by atoms with E-state index in [2.05, 4.69) is 37.2 Å². The second-order valence-corrected chi connectivity index (χ2v) is 8.90. The number of aromatic nitrogens is 5. The summed E-state index contributed by atoms with van der Waals surface area (Å²) in [7, 11) is 0. The number of anilines is 2. The van der Waals surface area contributed by atoms with Crippen molar-refractivity contribution in [1.82, 2.24) is 24.7 Å². The Morgan fingerprint density at radius 1 is 1.15 bits per heavy atom. The Hall–Kier alpha value is -3.85. The fraction of sp³-hybridized carbons (Fsp3) is 0.320. The molecule has 0 aliphatic carbocycles. The third-order valence-electron chi connectivity index (χ3n) is 6.14. The van der Waals surface area contributed by atoms with Crippen LogP contribution in [0, 0.1) is 5.92 Å². The normalized spacial score (nSPS) is 18.3. The van der Waals surface area contributed by atoms with Gasteiger partial charge in [-0.25, -0.2) is 4.98 Å². The number of pyridine rings is 3. The zero-order chi connectivity index (χ0) is 23.7. The first kappa shape index (κ1) is 22.0. The standard InChI is InChI=1S/C25H28N8O/c1-3-33-14-18(11-29-33)17-9-22-20(28-10-17)4-5-21(30-22)25(34)31-23-12-27-7-6-24(23)32-13-16(2)8-19(26)15-32/h4-7,9-12,14,16,19H,3,8,13,15,26H2,1-2H3,(H,31,34). The molecule has 4 aromatic heterocycles. The summed E-state index contributed by atoms with van der Waals surface area (Å²) in [5.74, 6) is 0.184. The number of piperidine rings is 1. The molecule has 1 amide bonds. The molecule has 1 aliphatic rings. The van der Waals surface area contributed by atoms with Crippen molar-refractivity contribution < 1.29 is 4.79 Å². The highest BCUT2D eigenvalue weighted by molar-refractivity contribution is 6.05. The molecule has 5 heterocycles. The van der Waals surface area contributed by atoms with Gasteiger partial charge in [-0.2, -0.15) is 5.10 Å². The van der Waals surface area contributed by atoms with Crippen molar-refractivity contribution in [3.8, 4) is 11.1 Å². The maximum atomic E-state index is 13.1. The van der Waals surface area contributed by atoms with E-state index in [4.69, 9.17) is 5.73 Å². The summed E-state index contributed by atoms with van der Waals surface area (Å²) < 4.78 is 1.86. The van der Waals surface area contributed by atoms with E-state index in [1.165, 1.54) is 0 Å². The Bertz CT molecular complexity index is 1320. The van der Waals surface area contributed by atoms with Gasteiger partial charge in [-0.15, -0.1) is 0 Å². The van der Waals surface area contributed by atoms with Crippen LogP contribution >= 0.6 is 0 Å². The van der Waals surface area contributed by atoms with Crippen molar-refractivity contribution in [2.75, 3.05) is 23.3 Å². The minimum atomic E-state index is -0.297. The Labute approximate surface area is 198 Å². The smallest absolute Gasteiger partial charge is 0.274 e. The molecule has 1 aliphatic heterocycles. The molecule has 9 nitrogen and oxygen atoms in total. The van der Waals surface area contributed by atoms with Gasteiger partial charge in [0.25, 0.3) is 5.91 Å². The Morgan fingerprint density at radius 2 is 2.03 bits per heavy atom. The molecule has 9 heteroatoms. The summed E-state index contributed by atoms with van der Waals surface area (Å²) in [6, 6.07) is 7.46. The van der Waals surface area contributed by atoms with Crippen molar-refractivity contribution in [1.29, 1.82) is 0 Å². The van der Waals surface area contributed by atoms with E-state index in [9.17, 15) is 4.79 Å². The number of aryl methyl sites for hydroxylation is 1. The highest BCUT2D eigenvalue weighted by Crippen LogP contribution is 2.29. The number of nitrogens with zero attached hydrogens (tertiary/aromatic N) is 6. The zero-order valence-corrected chi connectivity index (χ0v) is 19.3. The Morgan fingerprint density at radius 3 is 2.82 bits per heavy atom. The third kappa shape index (κ3) is 4.47. The van der Waals surface area contributed by atoms with Gasteiger partial charge in [0, 0.05) is 55.4 Å². The van der Waals surface area contributed by atoms with E-state index >= 15 is 0 Å². The van der Waals surface area contributed by atoms with Crippen LogP contribution in [0.1, 0.15) is 30.8 Å². The van der Waals surface area contributed by atoms with Gasteiger partial charge in [-0.05, 0) is 43.5 Å². The molecule has 0 spiro atoms.